The molecule has 0 saturated heterocycles. The van der Waals surface area contributed by atoms with Crippen molar-refractivity contribution in [1.29, 1.82) is 0 Å². The predicted octanol–water partition coefficient (Wildman–Crippen LogP) is 2.76. The van der Waals surface area contributed by atoms with Crippen molar-refractivity contribution in [3.05, 3.63) is 65.5 Å². The van der Waals surface area contributed by atoms with E-state index in [1.165, 1.54) is 12.5 Å². The highest BCUT2D eigenvalue weighted by Gasteiger charge is 2.09. The maximum absolute atomic E-state index is 12.0. The van der Waals surface area contributed by atoms with Gasteiger partial charge in [0, 0.05) is 21.8 Å². The summed E-state index contributed by atoms with van der Waals surface area (Å²) < 4.78 is 5.09. The van der Waals surface area contributed by atoms with Crippen molar-refractivity contribution in [2.75, 3.05) is 11.9 Å². The molecule has 126 valence electrons. The van der Waals surface area contributed by atoms with Gasteiger partial charge in [0.25, 0.3) is 5.91 Å². The van der Waals surface area contributed by atoms with Crippen LogP contribution in [0.25, 0.3) is 11.5 Å². The molecule has 0 aliphatic carbocycles. The van der Waals surface area contributed by atoms with Crippen LogP contribution in [0.3, 0.4) is 0 Å². The number of hydrogen-bond donors (Lipinski definition) is 2. The molecule has 7 nitrogen and oxygen atoms in total. The van der Waals surface area contributed by atoms with E-state index >= 15 is 0 Å². The van der Waals surface area contributed by atoms with E-state index < -0.39 is 0 Å². The molecule has 0 atom stereocenters. The SMILES string of the molecule is O=C(CNC(=O)c1cccc(Cl)c1)Nc1ccc(-c2nnco2)cc1. The van der Waals surface area contributed by atoms with Crippen LogP contribution < -0.4 is 10.6 Å². The van der Waals surface area contributed by atoms with E-state index in [-0.39, 0.29) is 18.4 Å². The van der Waals surface area contributed by atoms with Gasteiger partial charge in [0.05, 0.1) is 6.54 Å². The van der Waals surface area contributed by atoms with Gasteiger partial charge in [-0.25, -0.2) is 0 Å². The monoisotopic (exact) mass is 356 g/mol. The number of anilines is 1. The van der Waals surface area contributed by atoms with E-state index in [0.29, 0.717) is 22.2 Å². The number of carbonyl (C=O) groups is 2. The van der Waals surface area contributed by atoms with E-state index in [1.54, 1.807) is 42.5 Å². The molecule has 0 saturated carbocycles. The summed E-state index contributed by atoms with van der Waals surface area (Å²) in [6.45, 7) is -0.156. The number of rotatable bonds is 5. The third-order valence-electron chi connectivity index (χ3n) is 3.27. The van der Waals surface area contributed by atoms with Crippen LogP contribution in [-0.4, -0.2) is 28.6 Å². The van der Waals surface area contributed by atoms with Crippen molar-refractivity contribution in [2.45, 2.75) is 0 Å². The Morgan fingerprint density at radius 3 is 2.60 bits per heavy atom. The lowest BCUT2D eigenvalue weighted by molar-refractivity contribution is -0.115. The third-order valence-corrected chi connectivity index (χ3v) is 3.51. The first-order chi connectivity index (χ1) is 12.1. The maximum atomic E-state index is 12.0. The average Bonchev–Trinajstić information content (AvgIpc) is 3.15. The van der Waals surface area contributed by atoms with Crippen LogP contribution in [0, 0.1) is 0 Å². The second-order valence-electron chi connectivity index (χ2n) is 5.06. The van der Waals surface area contributed by atoms with Gasteiger partial charge in [-0.15, -0.1) is 10.2 Å². The van der Waals surface area contributed by atoms with Crippen LogP contribution in [0.15, 0.2) is 59.3 Å². The van der Waals surface area contributed by atoms with Crippen LogP contribution in [-0.2, 0) is 4.79 Å². The lowest BCUT2D eigenvalue weighted by atomic mass is 10.2. The van der Waals surface area contributed by atoms with Crippen molar-refractivity contribution in [3.63, 3.8) is 0 Å². The Labute approximate surface area is 148 Å². The third kappa shape index (κ3) is 4.42. The number of nitrogens with zero attached hydrogens (tertiary/aromatic N) is 2. The summed E-state index contributed by atoms with van der Waals surface area (Å²) >= 11 is 5.83. The van der Waals surface area contributed by atoms with Gasteiger partial charge in [0.15, 0.2) is 0 Å². The summed E-state index contributed by atoms with van der Waals surface area (Å²) in [5.74, 6) is -0.322. The van der Waals surface area contributed by atoms with Crippen molar-refractivity contribution in [1.82, 2.24) is 15.5 Å². The number of benzene rings is 2. The Bertz CT molecular complexity index is 879. The lowest BCUT2D eigenvalue weighted by Crippen LogP contribution is -2.32. The summed E-state index contributed by atoms with van der Waals surface area (Å²) in [6, 6.07) is 13.4. The van der Waals surface area contributed by atoms with Crippen molar-refractivity contribution in [2.24, 2.45) is 0 Å². The number of halogens is 1. The zero-order valence-electron chi connectivity index (χ0n) is 12.9. The Morgan fingerprint density at radius 2 is 1.92 bits per heavy atom. The van der Waals surface area contributed by atoms with Gasteiger partial charge in [-0.3, -0.25) is 9.59 Å². The van der Waals surface area contributed by atoms with Crippen LogP contribution in [0.2, 0.25) is 5.02 Å². The molecule has 0 radical (unpaired) electrons. The zero-order valence-corrected chi connectivity index (χ0v) is 13.7. The fourth-order valence-electron chi connectivity index (χ4n) is 2.09. The molecule has 0 unspecified atom stereocenters. The summed E-state index contributed by atoms with van der Waals surface area (Å²) in [5.41, 5.74) is 1.72. The van der Waals surface area contributed by atoms with Gasteiger partial charge < -0.3 is 15.1 Å². The standard InChI is InChI=1S/C17H13ClN4O3/c18-13-3-1-2-12(8-13)16(24)19-9-15(23)21-14-6-4-11(5-7-14)17-22-20-10-25-17/h1-8,10H,9H2,(H,19,24)(H,21,23). The first-order valence-corrected chi connectivity index (χ1v) is 7.70. The first-order valence-electron chi connectivity index (χ1n) is 7.32. The van der Waals surface area contributed by atoms with Crippen molar-refractivity contribution >= 4 is 29.1 Å². The van der Waals surface area contributed by atoms with Gasteiger partial charge in [-0.1, -0.05) is 17.7 Å². The minimum atomic E-state index is -0.371. The first kappa shape index (κ1) is 16.7. The topological polar surface area (TPSA) is 97.1 Å². The number of nitrogens with one attached hydrogen (secondary N) is 2. The summed E-state index contributed by atoms with van der Waals surface area (Å²) in [7, 11) is 0. The summed E-state index contributed by atoms with van der Waals surface area (Å²) in [5, 5.41) is 13.1. The number of hydrogen-bond acceptors (Lipinski definition) is 5. The quantitative estimate of drug-likeness (QED) is 0.732. The van der Waals surface area contributed by atoms with Crippen LogP contribution in [0.5, 0.6) is 0 Å². The van der Waals surface area contributed by atoms with E-state index in [4.69, 9.17) is 16.0 Å². The number of aromatic nitrogens is 2. The van der Waals surface area contributed by atoms with Crippen LogP contribution >= 0.6 is 11.6 Å². The van der Waals surface area contributed by atoms with Gasteiger partial charge in [0.2, 0.25) is 18.2 Å². The fourth-order valence-corrected chi connectivity index (χ4v) is 2.28. The van der Waals surface area contributed by atoms with Crippen molar-refractivity contribution < 1.29 is 14.0 Å². The molecule has 2 N–H and O–H groups in total. The van der Waals surface area contributed by atoms with Crippen LogP contribution in [0.4, 0.5) is 5.69 Å². The maximum Gasteiger partial charge on any atom is 0.251 e. The largest absolute Gasteiger partial charge is 0.423 e. The fraction of sp³-hybridized carbons (Fsp3) is 0.0588. The molecule has 2 amide bonds. The highest BCUT2D eigenvalue weighted by Crippen LogP contribution is 2.18. The second kappa shape index (κ2) is 7.59. The average molecular weight is 357 g/mol. The molecule has 0 aliphatic rings. The van der Waals surface area contributed by atoms with Gasteiger partial charge in [0.1, 0.15) is 0 Å². The zero-order chi connectivity index (χ0) is 17.6. The lowest BCUT2D eigenvalue weighted by Gasteiger charge is -2.07. The molecule has 3 rings (SSSR count). The summed E-state index contributed by atoms with van der Waals surface area (Å²) in [6.07, 6.45) is 1.24. The molecule has 0 spiro atoms. The molecule has 0 fully saturated rings. The van der Waals surface area contributed by atoms with Gasteiger partial charge in [-0.2, -0.15) is 0 Å². The molecule has 3 aromatic rings. The predicted molar refractivity (Wildman–Crippen MR) is 92.1 cm³/mol. The Kier molecular flexibility index (Phi) is 5.06. The molecule has 0 bridgehead atoms. The minimum absolute atomic E-state index is 0.156. The molecule has 0 aliphatic heterocycles. The minimum Gasteiger partial charge on any atom is -0.423 e. The Morgan fingerprint density at radius 1 is 1.12 bits per heavy atom. The second-order valence-corrected chi connectivity index (χ2v) is 5.50. The molecule has 1 aromatic heterocycles. The van der Waals surface area contributed by atoms with E-state index in [0.717, 1.165) is 5.56 Å². The van der Waals surface area contributed by atoms with E-state index in [2.05, 4.69) is 20.8 Å². The Hall–Kier alpha value is -3.19. The van der Waals surface area contributed by atoms with E-state index in [9.17, 15) is 9.59 Å². The molecular formula is C17H13ClN4O3. The van der Waals surface area contributed by atoms with E-state index in [1.807, 2.05) is 0 Å². The normalized spacial score (nSPS) is 10.3. The molecular weight excluding hydrogens is 344 g/mol. The molecule has 25 heavy (non-hydrogen) atoms. The molecule has 1 heterocycles. The van der Waals surface area contributed by atoms with Gasteiger partial charge >= 0.3 is 0 Å². The number of carbonyl (C=O) groups excluding carboxylic acids is 2. The van der Waals surface area contributed by atoms with Crippen molar-refractivity contribution in [3.8, 4) is 11.5 Å². The van der Waals surface area contributed by atoms with Crippen LogP contribution in [0.1, 0.15) is 10.4 Å². The number of amides is 2. The van der Waals surface area contributed by atoms with Gasteiger partial charge in [-0.05, 0) is 42.5 Å². The Balaban J connectivity index is 1.53. The molecule has 2 aromatic carbocycles. The highest BCUT2D eigenvalue weighted by molar-refractivity contribution is 6.31. The smallest absolute Gasteiger partial charge is 0.251 e. The summed E-state index contributed by atoms with van der Waals surface area (Å²) in [4.78, 5) is 23.9. The highest BCUT2D eigenvalue weighted by atomic mass is 35.5. The molecule has 8 heteroatoms.